The summed E-state index contributed by atoms with van der Waals surface area (Å²) in [6, 6.07) is 0. The number of carbonyl (C=O) groups excluding carboxylic acids is 2. The highest BCUT2D eigenvalue weighted by Gasteiger charge is 2.13. The van der Waals surface area contributed by atoms with Crippen LogP contribution in [0.3, 0.4) is 0 Å². The smallest absolute Gasteiger partial charge is 0.306 e. The molecular formula is C26H50O4. The lowest BCUT2D eigenvalue weighted by atomic mass is 9.95. The van der Waals surface area contributed by atoms with Gasteiger partial charge in [0.15, 0.2) is 0 Å². The van der Waals surface area contributed by atoms with Crippen molar-refractivity contribution in [3.63, 3.8) is 0 Å². The number of hydrogen-bond acceptors (Lipinski definition) is 4. The summed E-state index contributed by atoms with van der Waals surface area (Å²) in [6.07, 6.45) is 14.2. The van der Waals surface area contributed by atoms with Crippen LogP contribution in [0.5, 0.6) is 0 Å². The van der Waals surface area contributed by atoms with Gasteiger partial charge in [-0.3, -0.25) is 9.59 Å². The van der Waals surface area contributed by atoms with Crippen molar-refractivity contribution in [3.8, 4) is 0 Å². The van der Waals surface area contributed by atoms with Gasteiger partial charge in [-0.05, 0) is 56.3 Å². The number of hydrogen-bond donors (Lipinski definition) is 0. The van der Waals surface area contributed by atoms with Crippen molar-refractivity contribution in [2.24, 2.45) is 17.8 Å². The number of ether oxygens (including phenoxy) is 2. The van der Waals surface area contributed by atoms with E-state index >= 15 is 0 Å². The third-order valence-corrected chi connectivity index (χ3v) is 5.65. The molecule has 0 aliphatic carbocycles. The van der Waals surface area contributed by atoms with Gasteiger partial charge < -0.3 is 9.47 Å². The van der Waals surface area contributed by atoms with Crippen molar-refractivity contribution in [1.29, 1.82) is 0 Å². The Labute approximate surface area is 186 Å². The van der Waals surface area contributed by atoms with Gasteiger partial charge in [0, 0.05) is 12.8 Å². The van der Waals surface area contributed by atoms with Crippen LogP contribution in [0.2, 0.25) is 0 Å². The molecule has 1 unspecified atom stereocenters. The minimum absolute atomic E-state index is 0.0262. The molecule has 0 fully saturated rings. The molecule has 0 heterocycles. The van der Waals surface area contributed by atoms with E-state index in [2.05, 4.69) is 34.6 Å². The van der Waals surface area contributed by atoms with Crippen molar-refractivity contribution in [2.75, 3.05) is 13.2 Å². The molecule has 0 spiro atoms. The van der Waals surface area contributed by atoms with E-state index in [1.165, 1.54) is 25.7 Å². The van der Waals surface area contributed by atoms with Crippen molar-refractivity contribution < 1.29 is 19.1 Å². The summed E-state index contributed by atoms with van der Waals surface area (Å²) < 4.78 is 10.7. The largest absolute Gasteiger partial charge is 0.466 e. The average molecular weight is 427 g/mol. The fourth-order valence-corrected chi connectivity index (χ4v) is 3.58. The van der Waals surface area contributed by atoms with Gasteiger partial charge in [-0.2, -0.15) is 0 Å². The summed E-state index contributed by atoms with van der Waals surface area (Å²) >= 11 is 0. The highest BCUT2D eigenvalue weighted by Crippen LogP contribution is 2.19. The second-order valence-corrected chi connectivity index (χ2v) is 9.65. The normalized spacial score (nSPS) is 12.4. The van der Waals surface area contributed by atoms with E-state index in [1.807, 2.05) is 0 Å². The van der Waals surface area contributed by atoms with Gasteiger partial charge in [0.25, 0.3) is 0 Å². The first kappa shape index (κ1) is 28.9. The Balaban J connectivity index is 3.56. The monoisotopic (exact) mass is 426 g/mol. The topological polar surface area (TPSA) is 52.6 Å². The number of rotatable bonds is 20. The Hall–Kier alpha value is -1.06. The third kappa shape index (κ3) is 20.2. The molecule has 178 valence electrons. The molecule has 0 radical (unpaired) electrons. The Kier molecular flexibility index (Phi) is 19.2. The SMILES string of the molecule is CCC(CCCCCCCCC(=O)OCCCC(C)C)CC(=O)OCCCC(C)C. The highest BCUT2D eigenvalue weighted by molar-refractivity contribution is 5.69. The van der Waals surface area contributed by atoms with Crippen LogP contribution in [0.25, 0.3) is 0 Å². The third-order valence-electron chi connectivity index (χ3n) is 5.65. The van der Waals surface area contributed by atoms with Crippen molar-refractivity contribution in [2.45, 2.75) is 125 Å². The number of carbonyl (C=O) groups is 2. The molecule has 0 rings (SSSR count). The number of unbranched alkanes of at least 4 members (excludes halogenated alkanes) is 5. The van der Waals surface area contributed by atoms with Crippen LogP contribution < -0.4 is 0 Å². The van der Waals surface area contributed by atoms with E-state index in [1.54, 1.807) is 0 Å². The van der Waals surface area contributed by atoms with E-state index in [9.17, 15) is 9.59 Å². The Bertz CT molecular complexity index is 417. The summed E-state index contributed by atoms with van der Waals surface area (Å²) in [7, 11) is 0. The molecule has 0 bridgehead atoms. The second-order valence-electron chi connectivity index (χ2n) is 9.65. The maximum absolute atomic E-state index is 12.0. The van der Waals surface area contributed by atoms with E-state index in [4.69, 9.17) is 9.47 Å². The maximum atomic E-state index is 12.0. The summed E-state index contributed by atoms with van der Waals surface area (Å²) in [5.41, 5.74) is 0. The lowest BCUT2D eigenvalue weighted by molar-refractivity contribution is -0.145. The first-order valence-electron chi connectivity index (χ1n) is 12.7. The van der Waals surface area contributed by atoms with E-state index in [0.29, 0.717) is 43.8 Å². The summed E-state index contributed by atoms with van der Waals surface area (Å²) in [6.45, 7) is 12.1. The fraction of sp³-hybridized carbons (Fsp3) is 0.923. The van der Waals surface area contributed by atoms with E-state index in [-0.39, 0.29) is 11.9 Å². The molecule has 0 aliphatic heterocycles. The van der Waals surface area contributed by atoms with Crippen LogP contribution in [0.1, 0.15) is 125 Å². The molecule has 0 saturated heterocycles. The summed E-state index contributed by atoms with van der Waals surface area (Å²) in [4.78, 5) is 23.6. The quantitative estimate of drug-likeness (QED) is 0.149. The van der Waals surface area contributed by atoms with Gasteiger partial charge in [-0.1, -0.05) is 73.1 Å². The van der Waals surface area contributed by atoms with Crippen LogP contribution in [0.15, 0.2) is 0 Å². The van der Waals surface area contributed by atoms with E-state index in [0.717, 1.165) is 51.4 Å². The second kappa shape index (κ2) is 19.9. The molecule has 0 aliphatic rings. The molecule has 4 nitrogen and oxygen atoms in total. The van der Waals surface area contributed by atoms with Crippen LogP contribution in [0, 0.1) is 17.8 Å². The van der Waals surface area contributed by atoms with Crippen molar-refractivity contribution in [3.05, 3.63) is 0 Å². The summed E-state index contributed by atoms with van der Waals surface area (Å²) in [5.74, 6) is 1.72. The Morgan fingerprint density at radius 3 is 1.67 bits per heavy atom. The van der Waals surface area contributed by atoms with Gasteiger partial charge in [0.2, 0.25) is 0 Å². The maximum Gasteiger partial charge on any atom is 0.306 e. The predicted octanol–water partition coefficient (Wildman–Crippen LogP) is 7.48. The lowest BCUT2D eigenvalue weighted by Crippen LogP contribution is -2.12. The van der Waals surface area contributed by atoms with Gasteiger partial charge in [-0.25, -0.2) is 0 Å². The summed E-state index contributed by atoms with van der Waals surface area (Å²) in [5, 5.41) is 0. The molecule has 0 saturated carbocycles. The molecule has 0 aromatic heterocycles. The molecule has 0 N–H and O–H groups in total. The predicted molar refractivity (Wildman–Crippen MR) is 125 cm³/mol. The Morgan fingerprint density at radius 1 is 0.633 bits per heavy atom. The van der Waals surface area contributed by atoms with Gasteiger partial charge in [-0.15, -0.1) is 0 Å². The average Bonchev–Trinajstić information content (AvgIpc) is 2.69. The molecule has 1 atom stereocenters. The zero-order chi connectivity index (χ0) is 22.6. The minimum Gasteiger partial charge on any atom is -0.466 e. The Morgan fingerprint density at radius 2 is 1.13 bits per heavy atom. The standard InChI is InChI=1S/C26H50O4/c1-6-24(21-26(28)30-20-14-16-23(4)5)17-11-9-7-8-10-12-18-25(27)29-19-13-15-22(2)3/h22-24H,6-21H2,1-5H3. The first-order chi connectivity index (χ1) is 14.3. The molecule has 0 aromatic rings. The zero-order valence-electron chi connectivity index (χ0n) is 20.7. The highest BCUT2D eigenvalue weighted by atomic mass is 16.5. The van der Waals surface area contributed by atoms with Crippen molar-refractivity contribution >= 4 is 11.9 Å². The van der Waals surface area contributed by atoms with Crippen LogP contribution >= 0.6 is 0 Å². The molecular weight excluding hydrogens is 376 g/mol. The van der Waals surface area contributed by atoms with Gasteiger partial charge in [0.1, 0.15) is 0 Å². The zero-order valence-corrected chi connectivity index (χ0v) is 20.7. The lowest BCUT2D eigenvalue weighted by Gasteiger charge is -2.14. The fourth-order valence-electron chi connectivity index (χ4n) is 3.58. The van der Waals surface area contributed by atoms with Crippen molar-refractivity contribution in [1.82, 2.24) is 0 Å². The van der Waals surface area contributed by atoms with Crippen LogP contribution in [-0.2, 0) is 19.1 Å². The first-order valence-corrected chi connectivity index (χ1v) is 12.7. The van der Waals surface area contributed by atoms with Gasteiger partial charge in [0.05, 0.1) is 13.2 Å². The minimum atomic E-state index is -0.0411. The van der Waals surface area contributed by atoms with Crippen LogP contribution in [-0.4, -0.2) is 25.2 Å². The van der Waals surface area contributed by atoms with Crippen LogP contribution in [0.4, 0.5) is 0 Å². The van der Waals surface area contributed by atoms with E-state index < -0.39 is 0 Å². The molecule has 4 heteroatoms. The van der Waals surface area contributed by atoms with Gasteiger partial charge >= 0.3 is 11.9 Å². The number of esters is 2. The molecule has 0 amide bonds. The molecule has 30 heavy (non-hydrogen) atoms. The molecule has 0 aromatic carbocycles.